The minimum absolute atomic E-state index is 0.0706. The van der Waals surface area contributed by atoms with Crippen molar-refractivity contribution in [3.63, 3.8) is 0 Å². The van der Waals surface area contributed by atoms with Gasteiger partial charge in [-0.1, -0.05) is 6.92 Å². The van der Waals surface area contributed by atoms with E-state index >= 15 is 0 Å². The molecule has 15 heavy (non-hydrogen) atoms. The number of ether oxygens (including phenoxy) is 1. The van der Waals surface area contributed by atoms with Crippen molar-refractivity contribution in [1.29, 1.82) is 0 Å². The lowest BCUT2D eigenvalue weighted by Gasteiger charge is -2.32. The van der Waals surface area contributed by atoms with Crippen LogP contribution >= 0.6 is 0 Å². The Labute approximate surface area is 91.6 Å². The largest absolute Gasteiger partial charge is 0.376 e. The van der Waals surface area contributed by atoms with Crippen molar-refractivity contribution < 1.29 is 13.2 Å². The van der Waals surface area contributed by atoms with E-state index in [1.165, 1.54) is 0 Å². The van der Waals surface area contributed by atoms with Gasteiger partial charge in [-0.15, -0.1) is 0 Å². The van der Waals surface area contributed by atoms with Gasteiger partial charge in [-0.2, -0.15) is 0 Å². The Morgan fingerprint density at radius 2 is 2.27 bits per heavy atom. The highest BCUT2D eigenvalue weighted by molar-refractivity contribution is 7.89. The summed E-state index contributed by atoms with van der Waals surface area (Å²) in [6.07, 6.45) is 1.91. The van der Waals surface area contributed by atoms with Crippen LogP contribution in [0.3, 0.4) is 0 Å². The minimum Gasteiger partial charge on any atom is -0.376 e. The Morgan fingerprint density at radius 1 is 1.53 bits per heavy atom. The molecule has 0 aliphatic carbocycles. The van der Waals surface area contributed by atoms with Crippen molar-refractivity contribution in [3.8, 4) is 0 Å². The second-order valence-corrected chi connectivity index (χ2v) is 5.66. The second-order valence-electron chi connectivity index (χ2n) is 3.92. The van der Waals surface area contributed by atoms with Crippen LogP contribution in [0.2, 0.25) is 0 Å². The molecule has 6 heteroatoms. The SMILES string of the molecule is CCC1CN(CCCS(N)(=O)=O)CCO1. The molecule has 1 heterocycles. The summed E-state index contributed by atoms with van der Waals surface area (Å²) in [7, 11) is -3.30. The molecule has 0 saturated carbocycles. The van der Waals surface area contributed by atoms with Gasteiger partial charge in [0.05, 0.1) is 18.5 Å². The van der Waals surface area contributed by atoms with E-state index in [0.29, 0.717) is 12.5 Å². The molecule has 5 nitrogen and oxygen atoms in total. The third-order valence-electron chi connectivity index (χ3n) is 2.58. The van der Waals surface area contributed by atoms with Crippen LogP contribution in [0.4, 0.5) is 0 Å². The van der Waals surface area contributed by atoms with Crippen molar-refractivity contribution in [3.05, 3.63) is 0 Å². The quantitative estimate of drug-likeness (QED) is 0.716. The number of hydrogen-bond donors (Lipinski definition) is 1. The Morgan fingerprint density at radius 3 is 2.87 bits per heavy atom. The summed E-state index contributed by atoms with van der Waals surface area (Å²) in [6, 6.07) is 0. The van der Waals surface area contributed by atoms with E-state index in [1.807, 2.05) is 0 Å². The molecular weight excluding hydrogens is 216 g/mol. The van der Waals surface area contributed by atoms with Crippen LogP contribution in [0.1, 0.15) is 19.8 Å². The molecule has 0 aromatic carbocycles. The summed E-state index contributed by atoms with van der Waals surface area (Å²) in [5, 5.41) is 4.93. The average molecular weight is 236 g/mol. The van der Waals surface area contributed by atoms with Crippen LogP contribution in [0.15, 0.2) is 0 Å². The summed E-state index contributed by atoms with van der Waals surface area (Å²) in [5.41, 5.74) is 0. The molecule has 0 bridgehead atoms. The van der Waals surface area contributed by atoms with Crippen molar-refractivity contribution in [2.45, 2.75) is 25.9 Å². The van der Waals surface area contributed by atoms with Gasteiger partial charge in [0.15, 0.2) is 0 Å². The maximum atomic E-state index is 10.7. The number of rotatable bonds is 5. The molecule has 0 aromatic heterocycles. The average Bonchev–Trinajstić information content (AvgIpc) is 2.16. The number of primary sulfonamides is 1. The minimum atomic E-state index is -3.30. The van der Waals surface area contributed by atoms with Crippen molar-refractivity contribution in [1.82, 2.24) is 4.90 Å². The first kappa shape index (κ1) is 12.9. The van der Waals surface area contributed by atoms with Gasteiger partial charge >= 0.3 is 0 Å². The first-order chi connectivity index (χ1) is 7.01. The molecule has 1 aliphatic rings. The van der Waals surface area contributed by atoms with Gasteiger partial charge in [0.2, 0.25) is 10.0 Å². The first-order valence-corrected chi connectivity index (χ1v) is 7.07. The van der Waals surface area contributed by atoms with E-state index in [0.717, 1.165) is 32.7 Å². The summed E-state index contributed by atoms with van der Waals surface area (Å²) >= 11 is 0. The van der Waals surface area contributed by atoms with E-state index in [2.05, 4.69) is 11.8 Å². The summed E-state index contributed by atoms with van der Waals surface area (Å²) in [4.78, 5) is 2.24. The molecule has 0 radical (unpaired) electrons. The molecule has 0 amide bonds. The van der Waals surface area contributed by atoms with Gasteiger partial charge in [0, 0.05) is 13.1 Å². The smallest absolute Gasteiger partial charge is 0.209 e. The van der Waals surface area contributed by atoms with Crippen molar-refractivity contribution in [2.75, 3.05) is 32.0 Å². The lowest BCUT2D eigenvalue weighted by molar-refractivity contribution is -0.0293. The third kappa shape index (κ3) is 5.46. The number of nitrogens with zero attached hydrogens (tertiary/aromatic N) is 1. The highest BCUT2D eigenvalue weighted by atomic mass is 32.2. The monoisotopic (exact) mass is 236 g/mol. The van der Waals surface area contributed by atoms with Gasteiger partial charge in [-0.3, -0.25) is 4.90 Å². The highest BCUT2D eigenvalue weighted by Gasteiger charge is 2.18. The summed E-state index contributed by atoms with van der Waals surface area (Å²) in [5.74, 6) is 0.0706. The lowest BCUT2D eigenvalue weighted by Crippen LogP contribution is -2.42. The Kier molecular flexibility index (Phi) is 4.98. The second kappa shape index (κ2) is 5.79. The van der Waals surface area contributed by atoms with Crippen LogP contribution < -0.4 is 5.14 Å². The lowest BCUT2D eigenvalue weighted by atomic mass is 10.2. The van der Waals surface area contributed by atoms with E-state index in [9.17, 15) is 8.42 Å². The Balaban J connectivity index is 2.21. The van der Waals surface area contributed by atoms with Gasteiger partial charge in [0.25, 0.3) is 0 Å². The molecule has 1 atom stereocenters. The predicted octanol–water partition coefficient (Wildman–Crippen LogP) is -0.224. The zero-order valence-electron chi connectivity index (χ0n) is 9.18. The van der Waals surface area contributed by atoms with Crippen LogP contribution in [-0.2, 0) is 14.8 Å². The van der Waals surface area contributed by atoms with E-state index in [-0.39, 0.29) is 5.75 Å². The zero-order valence-corrected chi connectivity index (χ0v) is 10.0. The van der Waals surface area contributed by atoms with E-state index in [1.54, 1.807) is 0 Å². The molecule has 1 unspecified atom stereocenters. The number of morpholine rings is 1. The zero-order chi connectivity index (χ0) is 11.3. The van der Waals surface area contributed by atoms with Crippen LogP contribution in [0.5, 0.6) is 0 Å². The first-order valence-electron chi connectivity index (χ1n) is 5.35. The fraction of sp³-hybridized carbons (Fsp3) is 1.00. The Hall–Kier alpha value is -0.170. The predicted molar refractivity (Wildman–Crippen MR) is 59.1 cm³/mol. The normalized spacial score (nSPS) is 24.3. The summed E-state index contributed by atoms with van der Waals surface area (Å²) in [6.45, 7) is 5.42. The fourth-order valence-corrected chi connectivity index (χ4v) is 2.25. The molecule has 90 valence electrons. The maximum Gasteiger partial charge on any atom is 0.209 e. The molecule has 0 spiro atoms. The summed E-state index contributed by atoms with van der Waals surface area (Å²) < 4.78 is 27.0. The molecule has 2 N–H and O–H groups in total. The fourth-order valence-electron chi connectivity index (χ4n) is 1.72. The Bertz CT molecular complexity index is 279. The number of sulfonamides is 1. The topological polar surface area (TPSA) is 72.6 Å². The van der Waals surface area contributed by atoms with Gasteiger partial charge in [-0.05, 0) is 19.4 Å². The molecule has 0 aromatic rings. The van der Waals surface area contributed by atoms with Crippen molar-refractivity contribution >= 4 is 10.0 Å². The highest BCUT2D eigenvalue weighted by Crippen LogP contribution is 2.08. The molecule has 1 fully saturated rings. The standard InChI is InChI=1S/C9H20N2O3S/c1-2-9-8-11(5-6-14-9)4-3-7-15(10,12)13/h9H,2-8H2,1H3,(H2,10,12,13). The van der Waals surface area contributed by atoms with Crippen LogP contribution in [0.25, 0.3) is 0 Å². The molecular formula is C9H20N2O3S. The molecule has 1 rings (SSSR count). The van der Waals surface area contributed by atoms with Gasteiger partial charge in [0.1, 0.15) is 0 Å². The molecule has 1 aliphatic heterocycles. The van der Waals surface area contributed by atoms with Gasteiger partial charge in [-0.25, -0.2) is 13.6 Å². The van der Waals surface area contributed by atoms with Crippen LogP contribution in [0, 0.1) is 0 Å². The number of hydrogen-bond acceptors (Lipinski definition) is 4. The maximum absolute atomic E-state index is 10.7. The van der Waals surface area contributed by atoms with Gasteiger partial charge < -0.3 is 4.74 Å². The van der Waals surface area contributed by atoms with Crippen molar-refractivity contribution in [2.24, 2.45) is 5.14 Å². The van der Waals surface area contributed by atoms with E-state index in [4.69, 9.17) is 9.88 Å². The number of nitrogens with two attached hydrogens (primary N) is 1. The van der Waals surface area contributed by atoms with E-state index < -0.39 is 10.0 Å². The van der Waals surface area contributed by atoms with Crippen LogP contribution in [-0.4, -0.2) is 51.4 Å². The molecule has 1 saturated heterocycles. The third-order valence-corrected chi connectivity index (χ3v) is 3.44.